The molecule has 0 radical (unpaired) electrons. The van der Waals surface area contributed by atoms with Gasteiger partial charge in [-0.15, -0.1) is 0 Å². The standard InChI is InChI=1S/C11H13NO3/c1-15-10-5-7(4-9(13)6-10)11(14)12-8-2-3-8/h4-6,8,13H,2-3H2,1H3,(H,12,14). The van der Waals surface area contributed by atoms with E-state index in [1.807, 2.05) is 0 Å². The highest BCUT2D eigenvalue weighted by Crippen LogP contribution is 2.23. The van der Waals surface area contributed by atoms with Crippen molar-refractivity contribution in [1.29, 1.82) is 0 Å². The smallest absolute Gasteiger partial charge is 0.251 e. The van der Waals surface area contributed by atoms with Crippen molar-refractivity contribution in [2.75, 3.05) is 7.11 Å². The minimum Gasteiger partial charge on any atom is -0.508 e. The number of amides is 1. The zero-order chi connectivity index (χ0) is 10.8. The van der Waals surface area contributed by atoms with Gasteiger partial charge in [0, 0.05) is 17.7 Å². The van der Waals surface area contributed by atoms with E-state index in [1.165, 1.54) is 19.2 Å². The Hall–Kier alpha value is -1.71. The van der Waals surface area contributed by atoms with E-state index >= 15 is 0 Å². The van der Waals surface area contributed by atoms with E-state index in [0.29, 0.717) is 17.4 Å². The minimum absolute atomic E-state index is 0.0373. The van der Waals surface area contributed by atoms with Crippen molar-refractivity contribution in [2.24, 2.45) is 0 Å². The maximum atomic E-state index is 11.6. The van der Waals surface area contributed by atoms with Crippen molar-refractivity contribution in [1.82, 2.24) is 5.32 Å². The molecule has 0 atom stereocenters. The number of aromatic hydroxyl groups is 1. The van der Waals surface area contributed by atoms with Crippen molar-refractivity contribution >= 4 is 5.91 Å². The molecule has 4 heteroatoms. The molecule has 1 aliphatic carbocycles. The topological polar surface area (TPSA) is 58.6 Å². The highest BCUT2D eigenvalue weighted by atomic mass is 16.5. The van der Waals surface area contributed by atoms with E-state index in [9.17, 15) is 9.90 Å². The fourth-order valence-electron chi connectivity index (χ4n) is 1.33. The Kier molecular flexibility index (Phi) is 2.49. The Morgan fingerprint density at radius 3 is 2.80 bits per heavy atom. The van der Waals surface area contributed by atoms with E-state index in [4.69, 9.17) is 4.74 Å². The van der Waals surface area contributed by atoms with Gasteiger partial charge in [-0.1, -0.05) is 0 Å². The Morgan fingerprint density at radius 2 is 2.20 bits per heavy atom. The van der Waals surface area contributed by atoms with Crippen molar-refractivity contribution in [3.63, 3.8) is 0 Å². The summed E-state index contributed by atoms with van der Waals surface area (Å²) in [5.41, 5.74) is 0.429. The maximum absolute atomic E-state index is 11.6. The molecule has 1 aliphatic rings. The van der Waals surface area contributed by atoms with Crippen molar-refractivity contribution in [3.8, 4) is 11.5 Å². The van der Waals surface area contributed by atoms with Crippen LogP contribution in [0.25, 0.3) is 0 Å². The molecule has 1 aromatic carbocycles. The molecule has 4 nitrogen and oxygen atoms in total. The van der Waals surface area contributed by atoms with E-state index in [-0.39, 0.29) is 11.7 Å². The second kappa shape index (κ2) is 3.81. The predicted molar refractivity (Wildman–Crippen MR) is 55.1 cm³/mol. The normalized spacial score (nSPS) is 14.7. The van der Waals surface area contributed by atoms with Gasteiger partial charge in [0.2, 0.25) is 0 Å². The molecule has 1 amide bonds. The first-order chi connectivity index (χ1) is 7.19. The molecular formula is C11H13NO3. The number of carbonyl (C=O) groups excluding carboxylic acids is 1. The molecule has 2 rings (SSSR count). The van der Waals surface area contributed by atoms with Crippen LogP contribution in [-0.4, -0.2) is 24.2 Å². The summed E-state index contributed by atoms with van der Waals surface area (Å²) in [7, 11) is 1.50. The van der Waals surface area contributed by atoms with Crippen molar-refractivity contribution in [2.45, 2.75) is 18.9 Å². The molecule has 0 saturated heterocycles. The molecule has 1 fully saturated rings. The third-order valence-corrected chi connectivity index (χ3v) is 2.30. The van der Waals surface area contributed by atoms with Crippen LogP contribution < -0.4 is 10.1 Å². The van der Waals surface area contributed by atoms with Gasteiger partial charge in [-0.2, -0.15) is 0 Å². The van der Waals surface area contributed by atoms with Gasteiger partial charge in [-0.25, -0.2) is 0 Å². The monoisotopic (exact) mass is 207 g/mol. The number of hydrogen-bond donors (Lipinski definition) is 2. The number of benzene rings is 1. The summed E-state index contributed by atoms with van der Waals surface area (Å²) in [6.07, 6.45) is 2.09. The SMILES string of the molecule is COc1cc(O)cc(C(=O)NC2CC2)c1. The van der Waals surface area contributed by atoms with Crippen LogP contribution in [0.1, 0.15) is 23.2 Å². The lowest BCUT2D eigenvalue weighted by molar-refractivity contribution is 0.0950. The van der Waals surface area contributed by atoms with Crippen LogP contribution in [0.4, 0.5) is 0 Å². The fraction of sp³-hybridized carbons (Fsp3) is 0.364. The third kappa shape index (κ3) is 2.40. The van der Waals surface area contributed by atoms with Crippen LogP contribution in [0.15, 0.2) is 18.2 Å². The number of hydrogen-bond acceptors (Lipinski definition) is 3. The summed E-state index contributed by atoms with van der Waals surface area (Å²) < 4.78 is 4.97. The van der Waals surface area contributed by atoms with Gasteiger partial charge in [0.05, 0.1) is 7.11 Å². The molecule has 0 aromatic heterocycles. The number of rotatable bonds is 3. The Bertz CT molecular complexity index is 385. The first kappa shape index (κ1) is 9.83. The van der Waals surface area contributed by atoms with E-state index in [1.54, 1.807) is 6.07 Å². The predicted octanol–water partition coefficient (Wildman–Crippen LogP) is 1.29. The zero-order valence-corrected chi connectivity index (χ0v) is 8.49. The molecule has 1 saturated carbocycles. The highest BCUT2D eigenvalue weighted by molar-refractivity contribution is 5.95. The van der Waals surface area contributed by atoms with Crippen LogP contribution in [0, 0.1) is 0 Å². The van der Waals surface area contributed by atoms with Gasteiger partial charge in [-0.3, -0.25) is 4.79 Å². The molecule has 15 heavy (non-hydrogen) atoms. The zero-order valence-electron chi connectivity index (χ0n) is 8.49. The van der Waals surface area contributed by atoms with Crippen LogP contribution in [-0.2, 0) is 0 Å². The highest BCUT2D eigenvalue weighted by Gasteiger charge is 2.24. The summed E-state index contributed by atoms with van der Waals surface area (Å²) >= 11 is 0. The van der Waals surface area contributed by atoms with E-state index in [2.05, 4.69) is 5.32 Å². The number of phenols is 1. The van der Waals surface area contributed by atoms with Crippen LogP contribution in [0.5, 0.6) is 11.5 Å². The van der Waals surface area contributed by atoms with Gasteiger partial charge in [0.25, 0.3) is 5.91 Å². The van der Waals surface area contributed by atoms with Gasteiger partial charge < -0.3 is 15.2 Å². The molecule has 0 unspecified atom stereocenters. The molecule has 0 heterocycles. The quantitative estimate of drug-likeness (QED) is 0.785. The summed E-state index contributed by atoms with van der Waals surface area (Å²) in [6.45, 7) is 0. The number of phenolic OH excluding ortho intramolecular Hbond substituents is 1. The summed E-state index contributed by atoms with van der Waals surface area (Å²) in [5.74, 6) is 0.359. The number of nitrogens with one attached hydrogen (secondary N) is 1. The first-order valence-corrected chi connectivity index (χ1v) is 4.88. The summed E-state index contributed by atoms with van der Waals surface area (Å²) in [5, 5.41) is 12.2. The van der Waals surface area contributed by atoms with Crippen molar-refractivity contribution < 1.29 is 14.6 Å². The molecule has 0 aliphatic heterocycles. The van der Waals surface area contributed by atoms with Gasteiger partial charge in [-0.05, 0) is 25.0 Å². The summed E-state index contributed by atoms with van der Waals surface area (Å²) in [4.78, 5) is 11.6. The minimum atomic E-state index is -0.160. The second-order valence-electron chi connectivity index (χ2n) is 3.67. The van der Waals surface area contributed by atoms with Gasteiger partial charge >= 0.3 is 0 Å². The lowest BCUT2D eigenvalue weighted by Crippen LogP contribution is -2.25. The number of methoxy groups -OCH3 is 1. The van der Waals surface area contributed by atoms with Gasteiger partial charge in [0.15, 0.2) is 0 Å². The Balaban J connectivity index is 2.17. The average Bonchev–Trinajstić information content (AvgIpc) is 3.00. The average molecular weight is 207 g/mol. The Morgan fingerprint density at radius 1 is 1.47 bits per heavy atom. The van der Waals surface area contributed by atoms with Crippen LogP contribution in [0.2, 0.25) is 0 Å². The molecule has 80 valence electrons. The number of carbonyl (C=O) groups is 1. The van der Waals surface area contributed by atoms with Gasteiger partial charge in [0.1, 0.15) is 11.5 Å². The molecule has 2 N–H and O–H groups in total. The lowest BCUT2D eigenvalue weighted by atomic mass is 10.2. The van der Waals surface area contributed by atoms with E-state index < -0.39 is 0 Å². The Labute approximate surface area is 87.9 Å². The van der Waals surface area contributed by atoms with Crippen molar-refractivity contribution in [3.05, 3.63) is 23.8 Å². The molecule has 0 spiro atoms. The maximum Gasteiger partial charge on any atom is 0.251 e. The van der Waals surface area contributed by atoms with E-state index in [0.717, 1.165) is 12.8 Å². The lowest BCUT2D eigenvalue weighted by Gasteiger charge is -2.06. The molecule has 0 bridgehead atoms. The molecular weight excluding hydrogens is 194 g/mol. The molecule has 1 aromatic rings. The first-order valence-electron chi connectivity index (χ1n) is 4.88. The fourth-order valence-corrected chi connectivity index (χ4v) is 1.33. The summed E-state index contributed by atoms with van der Waals surface area (Å²) in [6, 6.07) is 4.82. The largest absolute Gasteiger partial charge is 0.508 e. The van der Waals surface area contributed by atoms with Crippen LogP contribution >= 0.6 is 0 Å². The van der Waals surface area contributed by atoms with Crippen LogP contribution in [0.3, 0.4) is 0 Å². The number of ether oxygens (including phenoxy) is 1. The third-order valence-electron chi connectivity index (χ3n) is 2.30. The second-order valence-corrected chi connectivity index (χ2v) is 3.67.